The highest BCUT2D eigenvalue weighted by molar-refractivity contribution is 5.77. The Hall–Kier alpha value is -2.13. The molecule has 1 fully saturated rings. The van der Waals surface area contributed by atoms with Crippen molar-refractivity contribution in [3.63, 3.8) is 0 Å². The third-order valence-electron chi connectivity index (χ3n) is 4.91. The van der Waals surface area contributed by atoms with E-state index in [1.165, 1.54) is 17.5 Å². The van der Waals surface area contributed by atoms with E-state index >= 15 is 0 Å². The molecule has 0 radical (unpaired) electrons. The van der Waals surface area contributed by atoms with Gasteiger partial charge in [-0.15, -0.1) is 0 Å². The second-order valence-corrected chi connectivity index (χ2v) is 6.73. The fraction of sp³-hybridized carbons (Fsp3) is 0.381. The van der Waals surface area contributed by atoms with Crippen molar-refractivity contribution in [3.05, 3.63) is 71.3 Å². The maximum atomic E-state index is 12.9. The number of piperidine rings is 1. The lowest BCUT2D eigenvalue weighted by Gasteiger charge is -2.37. The van der Waals surface area contributed by atoms with Gasteiger partial charge in [0.15, 0.2) is 0 Å². The maximum Gasteiger partial charge on any atom is 0.224 e. The summed E-state index contributed by atoms with van der Waals surface area (Å²) in [6.45, 7) is 2.92. The lowest BCUT2D eigenvalue weighted by atomic mass is 9.93. The first-order valence-electron chi connectivity index (χ1n) is 8.81. The lowest BCUT2D eigenvalue weighted by Crippen LogP contribution is -2.39. The normalized spacial score (nSPS) is 19.1. The number of hydrogen-bond acceptors (Lipinski definition) is 2. The first kappa shape index (κ1) is 16.7. The first-order valence-corrected chi connectivity index (χ1v) is 8.81. The number of carbonyl (C=O) groups excluding carboxylic acids is 1. The Morgan fingerprint density at radius 1 is 1.12 bits per heavy atom. The summed E-state index contributed by atoms with van der Waals surface area (Å²) in [6.07, 6.45) is 3.66. The topological polar surface area (TPSA) is 46.3 Å². The van der Waals surface area contributed by atoms with Crippen LogP contribution in [0.2, 0.25) is 0 Å². The Balaban J connectivity index is 1.72. The van der Waals surface area contributed by atoms with Crippen LogP contribution < -0.4 is 5.73 Å². The Kier molecular flexibility index (Phi) is 5.31. The van der Waals surface area contributed by atoms with Crippen LogP contribution in [0.25, 0.3) is 0 Å². The molecule has 126 valence electrons. The van der Waals surface area contributed by atoms with Crippen LogP contribution in [0.15, 0.2) is 54.6 Å². The zero-order valence-electron chi connectivity index (χ0n) is 14.3. The third-order valence-corrected chi connectivity index (χ3v) is 4.91. The first-order chi connectivity index (χ1) is 11.6. The molecule has 1 saturated heterocycles. The van der Waals surface area contributed by atoms with Crippen LogP contribution in [0.1, 0.15) is 54.5 Å². The zero-order valence-corrected chi connectivity index (χ0v) is 14.3. The van der Waals surface area contributed by atoms with Gasteiger partial charge in [0.05, 0.1) is 6.04 Å². The van der Waals surface area contributed by atoms with E-state index in [9.17, 15) is 4.79 Å². The predicted molar refractivity (Wildman–Crippen MR) is 97.5 cm³/mol. The maximum absolute atomic E-state index is 12.9. The highest BCUT2D eigenvalue weighted by atomic mass is 16.2. The molecule has 1 heterocycles. The molecule has 0 spiro atoms. The number of amides is 1. The van der Waals surface area contributed by atoms with Crippen molar-refractivity contribution in [3.8, 4) is 0 Å². The van der Waals surface area contributed by atoms with Crippen LogP contribution in [0.4, 0.5) is 0 Å². The minimum Gasteiger partial charge on any atom is -0.336 e. The minimum atomic E-state index is -0.237. The SMILES string of the molecule is Cc1ccc(C2CCCCN2C(=O)CC(N)c2ccccc2)cc1. The summed E-state index contributed by atoms with van der Waals surface area (Å²) in [7, 11) is 0. The van der Waals surface area contributed by atoms with E-state index in [0.29, 0.717) is 6.42 Å². The van der Waals surface area contributed by atoms with E-state index < -0.39 is 0 Å². The van der Waals surface area contributed by atoms with E-state index in [0.717, 1.165) is 24.9 Å². The number of benzene rings is 2. The van der Waals surface area contributed by atoms with E-state index in [4.69, 9.17) is 5.73 Å². The van der Waals surface area contributed by atoms with Crippen LogP contribution in [-0.2, 0) is 4.79 Å². The standard InChI is InChI=1S/C21H26N2O/c1-16-10-12-18(13-11-16)20-9-5-6-14-23(20)21(24)15-19(22)17-7-3-2-4-8-17/h2-4,7-8,10-13,19-20H,5-6,9,14-15,22H2,1H3. The van der Waals surface area contributed by atoms with Crippen molar-refractivity contribution in [1.82, 2.24) is 4.90 Å². The molecule has 3 nitrogen and oxygen atoms in total. The molecule has 2 atom stereocenters. The molecule has 2 aromatic rings. The van der Waals surface area contributed by atoms with E-state index in [1.807, 2.05) is 35.2 Å². The lowest BCUT2D eigenvalue weighted by molar-refractivity contribution is -0.135. The summed E-state index contributed by atoms with van der Waals surface area (Å²) < 4.78 is 0. The summed E-state index contributed by atoms with van der Waals surface area (Å²) >= 11 is 0. The summed E-state index contributed by atoms with van der Waals surface area (Å²) in [5.74, 6) is 0.164. The molecule has 0 aromatic heterocycles. The van der Waals surface area contributed by atoms with Gasteiger partial charge in [-0.1, -0.05) is 60.2 Å². The predicted octanol–water partition coefficient (Wildman–Crippen LogP) is 4.14. The van der Waals surface area contributed by atoms with Crippen LogP contribution in [0.5, 0.6) is 0 Å². The molecule has 0 saturated carbocycles. The van der Waals surface area contributed by atoms with Crippen LogP contribution >= 0.6 is 0 Å². The number of carbonyl (C=O) groups is 1. The van der Waals surface area contributed by atoms with Gasteiger partial charge >= 0.3 is 0 Å². The zero-order chi connectivity index (χ0) is 16.9. The van der Waals surface area contributed by atoms with Gasteiger partial charge in [-0.3, -0.25) is 4.79 Å². The molecule has 1 aliphatic rings. The van der Waals surface area contributed by atoms with Crippen LogP contribution in [0.3, 0.4) is 0 Å². The summed E-state index contributed by atoms with van der Waals surface area (Å²) in [6, 6.07) is 18.4. The van der Waals surface area contributed by atoms with Gasteiger partial charge in [0.25, 0.3) is 0 Å². The van der Waals surface area contributed by atoms with E-state index in [1.54, 1.807) is 0 Å². The van der Waals surface area contributed by atoms with Crippen molar-refractivity contribution in [2.45, 2.75) is 44.7 Å². The van der Waals surface area contributed by atoms with Gasteiger partial charge in [0.1, 0.15) is 0 Å². The summed E-state index contributed by atoms with van der Waals surface area (Å²) in [5.41, 5.74) is 9.77. The molecule has 2 aromatic carbocycles. The smallest absolute Gasteiger partial charge is 0.224 e. The molecule has 2 unspecified atom stereocenters. The van der Waals surface area contributed by atoms with Crippen molar-refractivity contribution in [2.24, 2.45) is 5.73 Å². The quantitative estimate of drug-likeness (QED) is 0.919. The third kappa shape index (κ3) is 3.85. The van der Waals surface area contributed by atoms with E-state index in [-0.39, 0.29) is 18.0 Å². The summed E-state index contributed by atoms with van der Waals surface area (Å²) in [5, 5.41) is 0. The number of aryl methyl sites for hydroxylation is 1. The molecule has 1 aliphatic heterocycles. The Morgan fingerprint density at radius 2 is 1.83 bits per heavy atom. The average molecular weight is 322 g/mol. The van der Waals surface area contributed by atoms with E-state index in [2.05, 4.69) is 31.2 Å². The average Bonchev–Trinajstić information content (AvgIpc) is 2.63. The molecule has 0 bridgehead atoms. The van der Waals surface area contributed by atoms with Crippen LogP contribution in [0, 0.1) is 6.92 Å². The fourth-order valence-corrected chi connectivity index (χ4v) is 3.49. The second kappa shape index (κ2) is 7.63. The molecule has 24 heavy (non-hydrogen) atoms. The number of likely N-dealkylation sites (tertiary alicyclic amines) is 1. The van der Waals surface area contributed by atoms with Gasteiger partial charge in [-0.05, 0) is 37.3 Å². The molecular formula is C21H26N2O. The molecule has 0 aliphatic carbocycles. The van der Waals surface area contributed by atoms with Crippen molar-refractivity contribution in [1.29, 1.82) is 0 Å². The number of nitrogens with two attached hydrogens (primary N) is 1. The number of nitrogens with zero attached hydrogens (tertiary/aromatic N) is 1. The van der Waals surface area contributed by atoms with Gasteiger partial charge in [-0.2, -0.15) is 0 Å². The van der Waals surface area contributed by atoms with Gasteiger partial charge in [-0.25, -0.2) is 0 Å². The summed E-state index contributed by atoms with van der Waals surface area (Å²) in [4.78, 5) is 14.9. The number of rotatable bonds is 4. The van der Waals surface area contributed by atoms with Gasteiger partial charge in [0.2, 0.25) is 5.91 Å². The van der Waals surface area contributed by atoms with Crippen LogP contribution in [-0.4, -0.2) is 17.4 Å². The molecule has 3 rings (SSSR count). The molecule has 1 amide bonds. The highest BCUT2D eigenvalue weighted by Crippen LogP contribution is 2.32. The minimum absolute atomic E-state index is 0.164. The molecule has 2 N–H and O–H groups in total. The number of hydrogen-bond donors (Lipinski definition) is 1. The van der Waals surface area contributed by atoms with Gasteiger partial charge in [0, 0.05) is 19.0 Å². The molecular weight excluding hydrogens is 296 g/mol. The largest absolute Gasteiger partial charge is 0.336 e. The fourth-order valence-electron chi connectivity index (χ4n) is 3.49. The second-order valence-electron chi connectivity index (χ2n) is 6.73. The van der Waals surface area contributed by atoms with Crippen molar-refractivity contribution >= 4 is 5.91 Å². The Bertz CT molecular complexity index is 666. The Morgan fingerprint density at radius 3 is 2.54 bits per heavy atom. The monoisotopic (exact) mass is 322 g/mol. The highest BCUT2D eigenvalue weighted by Gasteiger charge is 2.28. The molecule has 3 heteroatoms. The van der Waals surface area contributed by atoms with Crippen molar-refractivity contribution < 1.29 is 4.79 Å². The van der Waals surface area contributed by atoms with Gasteiger partial charge < -0.3 is 10.6 Å². The Labute approximate surface area is 144 Å². The van der Waals surface area contributed by atoms with Crippen molar-refractivity contribution in [2.75, 3.05) is 6.54 Å².